The topological polar surface area (TPSA) is 101 Å². The van der Waals surface area contributed by atoms with Crippen molar-refractivity contribution in [2.24, 2.45) is 0 Å². The number of carbonyl (C=O) groups excluding carboxylic acids is 1. The van der Waals surface area contributed by atoms with E-state index >= 15 is 0 Å². The molecule has 0 bridgehead atoms. The monoisotopic (exact) mass is 396 g/mol. The van der Waals surface area contributed by atoms with Crippen LogP contribution in [0.3, 0.4) is 0 Å². The molecule has 0 aliphatic heterocycles. The highest BCUT2D eigenvalue weighted by Gasteiger charge is 2.22. The molecule has 8 heteroatoms. The van der Waals surface area contributed by atoms with E-state index in [9.17, 15) is 13.2 Å². The molecule has 0 saturated heterocycles. The second-order valence-electron chi connectivity index (χ2n) is 5.91. The predicted octanol–water partition coefficient (Wildman–Crippen LogP) is 2.61. The van der Waals surface area contributed by atoms with Crippen molar-refractivity contribution in [2.45, 2.75) is 4.90 Å². The van der Waals surface area contributed by atoms with E-state index in [1.54, 1.807) is 42.5 Å². The van der Waals surface area contributed by atoms with Crippen LogP contribution in [0.25, 0.3) is 22.6 Å². The highest BCUT2D eigenvalue weighted by Crippen LogP contribution is 2.35. The fraction of sp³-hybridized carbons (Fsp3) is 0.100. The molecular weight excluding hydrogens is 380 g/mol. The van der Waals surface area contributed by atoms with Gasteiger partial charge in [0.1, 0.15) is 5.69 Å². The van der Waals surface area contributed by atoms with Crippen molar-refractivity contribution in [3.8, 4) is 34.4 Å². The summed E-state index contributed by atoms with van der Waals surface area (Å²) in [6.07, 6.45) is 1.12. The molecule has 142 valence electrons. The molecule has 0 spiro atoms. The molecule has 2 aromatic carbocycles. The zero-order valence-corrected chi connectivity index (χ0v) is 15.9. The molecule has 0 aliphatic rings. The predicted molar refractivity (Wildman–Crippen MR) is 102 cm³/mol. The van der Waals surface area contributed by atoms with E-state index in [2.05, 4.69) is 16.8 Å². The van der Waals surface area contributed by atoms with Gasteiger partial charge in [0.05, 0.1) is 4.90 Å². The van der Waals surface area contributed by atoms with E-state index < -0.39 is 15.7 Å². The first-order valence-corrected chi connectivity index (χ1v) is 10.0. The van der Waals surface area contributed by atoms with Gasteiger partial charge in [-0.3, -0.25) is 10.0 Å². The Bertz CT molecular complexity index is 1190. The summed E-state index contributed by atoms with van der Waals surface area (Å²) in [5.74, 6) is 4.07. The van der Waals surface area contributed by atoms with Crippen LogP contribution in [0.1, 0.15) is 5.89 Å². The zero-order valence-electron chi connectivity index (χ0n) is 15.1. The lowest BCUT2D eigenvalue weighted by atomic mass is 10.1. The average molecular weight is 396 g/mol. The fourth-order valence-corrected chi connectivity index (χ4v) is 3.40. The van der Waals surface area contributed by atoms with Crippen molar-refractivity contribution >= 4 is 15.7 Å². The number of oxazole rings is 1. The maximum Gasteiger partial charge on any atom is 0.322 e. The third-order valence-corrected chi connectivity index (χ3v) is 4.93. The van der Waals surface area contributed by atoms with Gasteiger partial charge in [0.2, 0.25) is 0 Å². The number of benzene rings is 2. The van der Waals surface area contributed by atoms with Gasteiger partial charge in [0, 0.05) is 36.3 Å². The highest BCUT2D eigenvalue weighted by molar-refractivity contribution is 7.90. The van der Waals surface area contributed by atoms with Crippen LogP contribution in [0.5, 0.6) is 0 Å². The molecule has 0 saturated carbocycles. The summed E-state index contributed by atoms with van der Waals surface area (Å²) >= 11 is 0. The minimum atomic E-state index is -3.52. The lowest BCUT2D eigenvalue weighted by molar-refractivity contribution is -0.152. The second kappa shape index (κ2) is 7.68. The molecule has 1 aromatic heterocycles. The first-order chi connectivity index (χ1) is 13.3. The summed E-state index contributed by atoms with van der Waals surface area (Å²) in [6, 6.07) is 15.5. The van der Waals surface area contributed by atoms with Gasteiger partial charge in [-0.1, -0.05) is 48.5 Å². The number of hydroxylamine groups is 2. The minimum absolute atomic E-state index is 0.0765. The maximum atomic E-state index is 12.2. The van der Waals surface area contributed by atoms with Gasteiger partial charge in [-0.15, -0.1) is 0 Å². The molecule has 0 radical (unpaired) electrons. The number of carbonyl (C=O) groups is 1. The van der Waals surface area contributed by atoms with Gasteiger partial charge in [-0.25, -0.2) is 18.5 Å². The van der Waals surface area contributed by atoms with Gasteiger partial charge in [-0.2, -0.15) is 0 Å². The van der Waals surface area contributed by atoms with Crippen molar-refractivity contribution in [3.63, 3.8) is 0 Å². The van der Waals surface area contributed by atoms with E-state index in [0.717, 1.165) is 13.3 Å². The van der Waals surface area contributed by atoms with Crippen LogP contribution in [-0.4, -0.2) is 42.9 Å². The SMILES string of the molecule is CN(O)C(=O)C#Cc1nc(-c2ccccc2S(C)(=O)=O)c(-c2ccccc2)o1. The summed E-state index contributed by atoms with van der Waals surface area (Å²) in [4.78, 5) is 15.9. The highest BCUT2D eigenvalue weighted by atomic mass is 32.2. The molecule has 1 heterocycles. The number of sulfone groups is 1. The molecule has 28 heavy (non-hydrogen) atoms. The fourth-order valence-electron chi connectivity index (χ4n) is 2.51. The van der Waals surface area contributed by atoms with Gasteiger partial charge in [0.15, 0.2) is 15.6 Å². The van der Waals surface area contributed by atoms with Gasteiger partial charge in [0.25, 0.3) is 5.89 Å². The zero-order chi connectivity index (χ0) is 20.3. The molecule has 1 amide bonds. The van der Waals surface area contributed by atoms with E-state index in [-0.39, 0.29) is 10.8 Å². The Balaban J connectivity index is 2.23. The lowest BCUT2D eigenvalue weighted by Crippen LogP contribution is -2.20. The Kier molecular flexibility index (Phi) is 5.31. The molecular formula is C20H16N2O5S. The first-order valence-electron chi connectivity index (χ1n) is 8.11. The summed E-state index contributed by atoms with van der Waals surface area (Å²) in [6.45, 7) is 0. The number of aromatic nitrogens is 1. The smallest absolute Gasteiger partial charge is 0.322 e. The summed E-state index contributed by atoms with van der Waals surface area (Å²) < 4.78 is 30.1. The van der Waals surface area contributed by atoms with Crippen LogP contribution in [0, 0.1) is 11.8 Å². The van der Waals surface area contributed by atoms with Crippen molar-refractivity contribution in [2.75, 3.05) is 13.3 Å². The van der Waals surface area contributed by atoms with Crippen molar-refractivity contribution < 1.29 is 22.8 Å². The normalized spacial score (nSPS) is 10.8. The van der Waals surface area contributed by atoms with Crippen LogP contribution in [-0.2, 0) is 14.6 Å². The third-order valence-electron chi connectivity index (χ3n) is 3.78. The van der Waals surface area contributed by atoms with E-state index in [1.165, 1.54) is 6.07 Å². The lowest BCUT2D eigenvalue weighted by Gasteiger charge is -2.06. The van der Waals surface area contributed by atoms with Crippen molar-refractivity contribution in [1.29, 1.82) is 0 Å². The van der Waals surface area contributed by atoms with Gasteiger partial charge >= 0.3 is 5.91 Å². The van der Waals surface area contributed by atoms with Crippen molar-refractivity contribution in [1.82, 2.24) is 10.0 Å². The number of nitrogens with zero attached hydrogens (tertiary/aromatic N) is 2. The standard InChI is InChI=1S/C20H16N2O5S/c1-22(24)18(23)13-12-17-21-19(20(27-17)14-8-4-3-5-9-14)15-10-6-7-11-16(15)28(2,25)26/h3-11,24H,1-2H3. The van der Waals surface area contributed by atoms with Crippen LogP contribution in [0.15, 0.2) is 63.9 Å². The minimum Gasteiger partial charge on any atom is -0.429 e. The first kappa shape index (κ1) is 19.4. The quantitative estimate of drug-likeness (QED) is 0.415. The molecule has 1 N–H and O–H groups in total. The molecule has 3 aromatic rings. The number of amides is 1. The molecule has 7 nitrogen and oxygen atoms in total. The van der Waals surface area contributed by atoms with E-state index in [4.69, 9.17) is 9.62 Å². The molecule has 3 rings (SSSR count). The Morgan fingerprint density at radius 2 is 1.75 bits per heavy atom. The number of hydrogen-bond acceptors (Lipinski definition) is 6. The number of rotatable bonds is 3. The third kappa shape index (κ3) is 4.11. The van der Waals surface area contributed by atoms with Crippen LogP contribution < -0.4 is 0 Å². The van der Waals surface area contributed by atoms with Gasteiger partial charge < -0.3 is 4.42 Å². The Labute approximate surface area is 162 Å². The van der Waals surface area contributed by atoms with E-state index in [1.807, 2.05) is 6.07 Å². The van der Waals surface area contributed by atoms with Gasteiger partial charge in [-0.05, 0) is 6.07 Å². The Hall–Kier alpha value is -3.41. The largest absolute Gasteiger partial charge is 0.429 e. The summed E-state index contributed by atoms with van der Waals surface area (Å²) in [5, 5.41) is 9.45. The maximum absolute atomic E-state index is 12.2. The summed E-state index contributed by atoms with van der Waals surface area (Å²) in [5.41, 5.74) is 1.33. The van der Waals surface area contributed by atoms with E-state index in [0.29, 0.717) is 27.6 Å². The second-order valence-corrected chi connectivity index (χ2v) is 7.89. The van der Waals surface area contributed by atoms with Crippen LogP contribution >= 0.6 is 0 Å². The van der Waals surface area contributed by atoms with Crippen LogP contribution in [0.4, 0.5) is 0 Å². The Morgan fingerprint density at radius 1 is 1.11 bits per heavy atom. The Morgan fingerprint density at radius 3 is 2.39 bits per heavy atom. The molecule has 0 fully saturated rings. The number of hydrogen-bond donors (Lipinski definition) is 1. The summed E-state index contributed by atoms with van der Waals surface area (Å²) in [7, 11) is -2.37. The molecule has 0 atom stereocenters. The molecule has 0 aliphatic carbocycles. The average Bonchev–Trinajstić information content (AvgIpc) is 3.10. The van der Waals surface area contributed by atoms with Crippen LogP contribution in [0.2, 0.25) is 0 Å². The molecule has 0 unspecified atom stereocenters. The van der Waals surface area contributed by atoms with Crippen molar-refractivity contribution in [3.05, 3.63) is 60.5 Å².